The number of aromatic nitrogens is 2. The Bertz CT molecular complexity index is 578. The van der Waals surface area contributed by atoms with Gasteiger partial charge in [-0.25, -0.2) is 4.79 Å². The van der Waals surface area contributed by atoms with Gasteiger partial charge in [0, 0.05) is 4.47 Å². The van der Waals surface area contributed by atoms with Gasteiger partial charge in [0.05, 0.1) is 18.4 Å². The van der Waals surface area contributed by atoms with E-state index in [0.29, 0.717) is 13.0 Å². The molecule has 1 N–H and O–H groups in total. The Morgan fingerprint density at radius 3 is 2.89 bits per heavy atom. The fraction of sp³-hybridized carbons (Fsp3) is 0.231. The van der Waals surface area contributed by atoms with Crippen molar-refractivity contribution in [3.63, 3.8) is 0 Å². The zero-order chi connectivity index (χ0) is 13.1. The predicted molar refractivity (Wildman–Crippen MR) is 71.8 cm³/mol. The molecule has 0 atom stereocenters. The summed E-state index contributed by atoms with van der Waals surface area (Å²) in [4.78, 5) is 11.0. The second-order valence-electron chi connectivity index (χ2n) is 3.95. The van der Waals surface area contributed by atoms with Crippen LogP contribution in [0.3, 0.4) is 0 Å². The monoisotopic (exact) mass is 308 g/mol. The van der Waals surface area contributed by atoms with Crippen molar-refractivity contribution < 1.29 is 9.90 Å². The molecule has 0 saturated heterocycles. The van der Waals surface area contributed by atoms with Crippen LogP contribution in [0.1, 0.15) is 28.5 Å². The van der Waals surface area contributed by atoms with Gasteiger partial charge in [-0.15, -0.1) is 0 Å². The summed E-state index contributed by atoms with van der Waals surface area (Å²) >= 11 is 3.42. The van der Waals surface area contributed by atoms with Crippen LogP contribution in [0.25, 0.3) is 0 Å². The van der Waals surface area contributed by atoms with E-state index in [0.717, 1.165) is 15.7 Å². The molecule has 0 unspecified atom stereocenters. The summed E-state index contributed by atoms with van der Waals surface area (Å²) in [5.74, 6) is -0.924. The second kappa shape index (κ2) is 5.35. The Balaban J connectivity index is 2.32. The third-order valence-corrected chi connectivity index (χ3v) is 3.23. The summed E-state index contributed by atoms with van der Waals surface area (Å²) in [6, 6.07) is 7.90. The van der Waals surface area contributed by atoms with Crippen LogP contribution >= 0.6 is 15.9 Å². The van der Waals surface area contributed by atoms with Gasteiger partial charge < -0.3 is 5.11 Å². The van der Waals surface area contributed by atoms with Crippen molar-refractivity contribution in [1.82, 2.24) is 9.78 Å². The van der Waals surface area contributed by atoms with Crippen molar-refractivity contribution in [1.29, 1.82) is 0 Å². The first-order valence-corrected chi connectivity index (χ1v) is 6.43. The molecule has 0 fully saturated rings. The highest BCUT2D eigenvalue weighted by atomic mass is 79.9. The largest absolute Gasteiger partial charge is 0.478 e. The first-order valence-electron chi connectivity index (χ1n) is 5.64. The minimum atomic E-state index is -0.924. The van der Waals surface area contributed by atoms with Crippen LogP contribution in [-0.2, 0) is 13.0 Å². The Morgan fingerprint density at radius 2 is 2.28 bits per heavy atom. The summed E-state index contributed by atoms with van der Waals surface area (Å²) in [5, 5.41) is 13.2. The van der Waals surface area contributed by atoms with Gasteiger partial charge in [0.2, 0.25) is 0 Å². The molecule has 18 heavy (non-hydrogen) atoms. The third-order valence-electron chi connectivity index (χ3n) is 2.74. The van der Waals surface area contributed by atoms with Crippen LogP contribution in [0, 0.1) is 0 Å². The predicted octanol–water partition coefficient (Wildman–Crippen LogP) is 2.95. The van der Waals surface area contributed by atoms with Gasteiger partial charge in [0.1, 0.15) is 5.56 Å². The lowest BCUT2D eigenvalue weighted by atomic mass is 10.2. The van der Waals surface area contributed by atoms with Crippen molar-refractivity contribution >= 4 is 21.9 Å². The quantitative estimate of drug-likeness (QED) is 0.944. The smallest absolute Gasteiger partial charge is 0.339 e. The molecule has 1 aromatic carbocycles. The molecule has 1 aromatic heterocycles. The Kier molecular flexibility index (Phi) is 3.81. The zero-order valence-corrected chi connectivity index (χ0v) is 11.5. The Hall–Kier alpha value is -1.62. The lowest BCUT2D eigenvalue weighted by Gasteiger charge is -2.07. The number of aromatic carboxylic acids is 1. The number of rotatable bonds is 4. The minimum absolute atomic E-state index is 0.285. The molecular formula is C13H13BrN2O2. The fourth-order valence-corrected chi connectivity index (χ4v) is 2.35. The maximum atomic E-state index is 11.0. The maximum Gasteiger partial charge on any atom is 0.339 e. The summed E-state index contributed by atoms with van der Waals surface area (Å²) < 4.78 is 2.74. The fourth-order valence-electron chi connectivity index (χ4n) is 1.91. The molecule has 0 aliphatic carbocycles. The van der Waals surface area contributed by atoms with E-state index in [1.807, 2.05) is 31.2 Å². The van der Waals surface area contributed by atoms with E-state index in [2.05, 4.69) is 21.0 Å². The topological polar surface area (TPSA) is 55.1 Å². The Morgan fingerprint density at radius 1 is 1.50 bits per heavy atom. The van der Waals surface area contributed by atoms with E-state index in [9.17, 15) is 4.79 Å². The number of carboxylic acid groups (broad SMARTS) is 1. The number of hydrogen-bond acceptors (Lipinski definition) is 2. The van der Waals surface area contributed by atoms with Crippen LogP contribution in [0.4, 0.5) is 0 Å². The van der Waals surface area contributed by atoms with E-state index in [4.69, 9.17) is 5.11 Å². The van der Waals surface area contributed by atoms with Crippen LogP contribution in [0.15, 0.2) is 34.9 Å². The molecule has 0 bridgehead atoms. The van der Waals surface area contributed by atoms with Gasteiger partial charge in [-0.05, 0) is 24.1 Å². The van der Waals surface area contributed by atoms with Gasteiger partial charge in [0.15, 0.2) is 0 Å². The van der Waals surface area contributed by atoms with E-state index in [-0.39, 0.29) is 5.56 Å². The van der Waals surface area contributed by atoms with Crippen LogP contribution in [0.2, 0.25) is 0 Å². The van der Waals surface area contributed by atoms with Gasteiger partial charge >= 0.3 is 5.97 Å². The molecule has 0 saturated carbocycles. The number of benzene rings is 1. The molecule has 4 nitrogen and oxygen atoms in total. The molecule has 0 spiro atoms. The van der Waals surface area contributed by atoms with Gasteiger partial charge in [-0.2, -0.15) is 5.10 Å². The molecule has 0 amide bonds. The van der Waals surface area contributed by atoms with Crippen molar-refractivity contribution in [2.45, 2.75) is 19.9 Å². The van der Waals surface area contributed by atoms with Crippen LogP contribution in [-0.4, -0.2) is 20.9 Å². The molecule has 2 aromatic rings. The number of hydrogen-bond donors (Lipinski definition) is 1. The van der Waals surface area contributed by atoms with E-state index in [1.54, 1.807) is 4.68 Å². The highest BCUT2D eigenvalue weighted by molar-refractivity contribution is 9.10. The van der Waals surface area contributed by atoms with Crippen LogP contribution < -0.4 is 0 Å². The summed E-state index contributed by atoms with van der Waals surface area (Å²) in [5.41, 5.74) is 2.12. The van der Waals surface area contributed by atoms with Crippen molar-refractivity contribution in [2.75, 3.05) is 0 Å². The van der Waals surface area contributed by atoms with Gasteiger partial charge in [-0.3, -0.25) is 4.68 Å². The van der Waals surface area contributed by atoms with Crippen molar-refractivity contribution in [2.24, 2.45) is 0 Å². The Labute approximate surface area is 113 Å². The summed E-state index contributed by atoms with van der Waals surface area (Å²) in [7, 11) is 0. The van der Waals surface area contributed by atoms with E-state index >= 15 is 0 Å². The maximum absolute atomic E-state index is 11.0. The molecule has 0 aliphatic rings. The van der Waals surface area contributed by atoms with Gasteiger partial charge in [-0.1, -0.05) is 35.0 Å². The molecule has 0 radical (unpaired) electrons. The normalized spacial score (nSPS) is 10.6. The zero-order valence-electron chi connectivity index (χ0n) is 9.93. The van der Waals surface area contributed by atoms with Crippen molar-refractivity contribution in [3.05, 3.63) is 51.8 Å². The highest BCUT2D eigenvalue weighted by Crippen LogP contribution is 2.15. The molecular weight excluding hydrogens is 296 g/mol. The standard InChI is InChI=1S/C13H13BrN2O2/c1-2-12-11(13(17)18)7-15-16(12)8-9-4-3-5-10(14)6-9/h3-7H,2,8H2,1H3,(H,17,18). The molecule has 94 valence electrons. The number of carbonyl (C=O) groups is 1. The molecule has 1 heterocycles. The summed E-state index contributed by atoms with van der Waals surface area (Å²) in [6.07, 6.45) is 2.06. The lowest BCUT2D eigenvalue weighted by molar-refractivity contribution is 0.0695. The second-order valence-corrected chi connectivity index (χ2v) is 4.87. The van der Waals surface area contributed by atoms with E-state index in [1.165, 1.54) is 6.20 Å². The first-order chi connectivity index (χ1) is 8.61. The minimum Gasteiger partial charge on any atom is -0.478 e. The lowest BCUT2D eigenvalue weighted by Crippen LogP contribution is -2.08. The molecule has 0 aliphatic heterocycles. The number of nitrogens with zero attached hydrogens (tertiary/aromatic N) is 2. The first kappa shape index (κ1) is 12.8. The van der Waals surface area contributed by atoms with E-state index < -0.39 is 5.97 Å². The average molecular weight is 309 g/mol. The average Bonchev–Trinajstić information content (AvgIpc) is 2.72. The van der Waals surface area contributed by atoms with Crippen LogP contribution in [0.5, 0.6) is 0 Å². The van der Waals surface area contributed by atoms with Crippen molar-refractivity contribution in [3.8, 4) is 0 Å². The van der Waals surface area contributed by atoms with Gasteiger partial charge in [0.25, 0.3) is 0 Å². The third kappa shape index (κ3) is 2.61. The number of halogens is 1. The molecule has 2 rings (SSSR count). The highest BCUT2D eigenvalue weighted by Gasteiger charge is 2.14. The SMILES string of the molecule is CCc1c(C(=O)O)cnn1Cc1cccc(Br)c1. The number of carboxylic acids is 1. The summed E-state index contributed by atoms with van der Waals surface area (Å²) in [6.45, 7) is 2.51. The molecule has 5 heteroatoms.